The van der Waals surface area contributed by atoms with Crippen LogP contribution in [0.4, 0.5) is 4.39 Å². The number of hydrogen-bond donors (Lipinski definition) is 0. The third-order valence-corrected chi connectivity index (χ3v) is 2.48. The highest BCUT2D eigenvalue weighted by molar-refractivity contribution is 9.09. The molecule has 3 heteroatoms. The molecule has 0 fully saturated rings. The van der Waals surface area contributed by atoms with E-state index in [9.17, 15) is 4.39 Å². The molecule has 1 aromatic carbocycles. The normalized spacial score (nSPS) is 21.3. The fourth-order valence-corrected chi connectivity index (χ4v) is 1.79. The van der Waals surface area contributed by atoms with Crippen LogP contribution in [0, 0.1) is 5.82 Å². The van der Waals surface area contributed by atoms with Crippen LogP contribution in [0.15, 0.2) is 18.2 Å². The Balaban J connectivity index is 2.37. The van der Waals surface area contributed by atoms with E-state index in [1.54, 1.807) is 6.07 Å². The predicted octanol–water partition coefficient (Wildman–Crippen LogP) is 2.52. The summed E-state index contributed by atoms with van der Waals surface area (Å²) in [6.07, 6.45) is 0.912. The van der Waals surface area contributed by atoms with Crippen molar-refractivity contribution in [2.45, 2.75) is 11.2 Å². The second-order valence-electron chi connectivity index (χ2n) is 2.86. The number of fused-ring (bicyclic) bond motifs is 1. The zero-order valence-electron chi connectivity index (χ0n) is 6.39. The molecule has 2 rings (SSSR count). The summed E-state index contributed by atoms with van der Waals surface area (Å²) in [5.74, 6) is 0.451. The minimum Gasteiger partial charge on any atom is -0.492 e. The molecule has 0 spiro atoms. The van der Waals surface area contributed by atoms with Crippen molar-refractivity contribution in [3.63, 3.8) is 0 Å². The SMILES string of the molecule is Fc1ccc2c(c1)OCC(Br)C2. The van der Waals surface area contributed by atoms with Gasteiger partial charge < -0.3 is 4.74 Å². The minimum atomic E-state index is -0.234. The number of benzene rings is 1. The Labute approximate surface area is 78.7 Å². The topological polar surface area (TPSA) is 9.23 Å². The average Bonchev–Trinajstić information content (AvgIpc) is 2.05. The Bertz CT molecular complexity index is 301. The molecular formula is C9H8BrFO. The van der Waals surface area contributed by atoms with Gasteiger partial charge in [0, 0.05) is 6.07 Å². The summed E-state index contributed by atoms with van der Waals surface area (Å²) in [4.78, 5) is 0.357. The van der Waals surface area contributed by atoms with Gasteiger partial charge in [-0.15, -0.1) is 0 Å². The van der Waals surface area contributed by atoms with Crippen molar-refractivity contribution >= 4 is 15.9 Å². The quantitative estimate of drug-likeness (QED) is 0.623. The van der Waals surface area contributed by atoms with Crippen LogP contribution >= 0.6 is 15.9 Å². The van der Waals surface area contributed by atoms with Crippen LogP contribution in [-0.2, 0) is 6.42 Å². The molecule has 0 bridgehead atoms. The lowest BCUT2D eigenvalue weighted by molar-refractivity contribution is 0.295. The number of hydrogen-bond acceptors (Lipinski definition) is 1. The first-order valence-corrected chi connectivity index (χ1v) is 4.72. The van der Waals surface area contributed by atoms with Crippen molar-refractivity contribution in [2.24, 2.45) is 0 Å². The van der Waals surface area contributed by atoms with E-state index in [1.807, 2.05) is 0 Å². The molecule has 1 aliphatic heterocycles. The predicted molar refractivity (Wildman–Crippen MR) is 48.3 cm³/mol. The van der Waals surface area contributed by atoms with Crippen molar-refractivity contribution in [1.29, 1.82) is 0 Å². The van der Waals surface area contributed by atoms with Gasteiger partial charge in [-0.25, -0.2) is 4.39 Å². The second-order valence-corrected chi connectivity index (χ2v) is 4.16. The van der Waals surface area contributed by atoms with Crippen LogP contribution in [-0.4, -0.2) is 11.4 Å². The van der Waals surface area contributed by atoms with E-state index in [2.05, 4.69) is 15.9 Å². The second kappa shape index (κ2) is 3.05. The smallest absolute Gasteiger partial charge is 0.126 e. The van der Waals surface area contributed by atoms with E-state index >= 15 is 0 Å². The van der Waals surface area contributed by atoms with Crippen LogP contribution in [0.3, 0.4) is 0 Å². The van der Waals surface area contributed by atoms with E-state index in [4.69, 9.17) is 4.74 Å². The van der Waals surface area contributed by atoms with Gasteiger partial charge >= 0.3 is 0 Å². The molecule has 12 heavy (non-hydrogen) atoms. The van der Waals surface area contributed by atoms with Crippen LogP contribution in [0.5, 0.6) is 5.75 Å². The van der Waals surface area contributed by atoms with Gasteiger partial charge in [0.2, 0.25) is 0 Å². The summed E-state index contributed by atoms with van der Waals surface area (Å²) in [6.45, 7) is 0.621. The molecule has 64 valence electrons. The molecule has 1 atom stereocenters. The zero-order valence-corrected chi connectivity index (χ0v) is 7.97. The van der Waals surface area contributed by atoms with Crippen molar-refractivity contribution in [1.82, 2.24) is 0 Å². The van der Waals surface area contributed by atoms with Gasteiger partial charge in [-0.3, -0.25) is 0 Å². The zero-order chi connectivity index (χ0) is 8.55. The number of halogens is 2. The summed E-state index contributed by atoms with van der Waals surface area (Å²) >= 11 is 3.46. The maximum absolute atomic E-state index is 12.7. The van der Waals surface area contributed by atoms with Gasteiger partial charge in [0.05, 0.1) is 4.83 Å². The highest BCUT2D eigenvalue weighted by Crippen LogP contribution is 2.27. The average molecular weight is 231 g/mol. The first-order valence-electron chi connectivity index (χ1n) is 3.81. The van der Waals surface area contributed by atoms with E-state index in [0.717, 1.165) is 12.0 Å². The molecule has 1 nitrogen and oxygen atoms in total. The molecule has 1 aromatic rings. The van der Waals surface area contributed by atoms with Crippen molar-refractivity contribution in [3.05, 3.63) is 29.6 Å². The van der Waals surface area contributed by atoms with Crippen molar-refractivity contribution in [3.8, 4) is 5.75 Å². The lowest BCUT2D eigenvalue weighted by Gasteiger charge is -2.20. The van der Waals surface area contributed by atoms with Crippen molar-refractivity contribution in [2.75, 3.05) is 6.61 Å². The summed E-state index contributed by atoms with van der Waals surface area (Å²) in [6, 6.07) is 4.68. The number of alkyl halides is 1. The highest BCUT2D eigenvalue weighted by atomic mass is 79.9. The van der Waals surface area contributed by atoms with Crippen molar-refractivity contribution < 1.29 is 9.13 Å². The van der Waals surface area contributed by atoms with E-state index < -0.39 is 0 Å². The molecule has 0 saturated carbocycles. The Morgan fingerprint density at radius 2 is 2.33 bits per heavy atom. The molecule has 0 N–H and O–H groups in total. The van der Waals surface area contributed by atoms with Gasteiger partial charge in [-0.1, -0.05) is 22.0 Å². The van der Waals surface area contributed by atoms with Gasteiger partial charge in [-0.05, 0) is 18.1 Å². The van der Waals surface area contributed by atoms with Gasteiger partial charge in [0.15, 0.2) is 0 Å². The lowest BCUT2D eigenvalue weighted by Crippen LogP contribution is -2.20. The maximum Gasteiger partial charge on any atom is 0.126 e. The molecule has 0 radical (unpaired) electrons. The third-order valence-electron chi connectivity index (χ3n) is 1.89. The summed E-state index contributed by atoms with van der Waals surface area (Å²) < 4.78 is 18.0. The standard InChI is InChI=1S/C9H8BrFO/c10-7-3-6-1-2-8(11)4-9(6)12-5-7/h1-2,4,7H,3,5H2. The van der Waals surface area contributed by atoms with E-state index in [0.29, 0.717) is 17.2 Å². The fraction of sp³-hybridized carbons (Fsp3) is 0.333. The summed E-state index contributed by atoms with van der Waals surface area (Å²) in [5.41, 5.74) is 1.07. The molecule has 0 saturated heterocycles. The monoisotopic (exact) mass is 230 g/mol. The summed E-state index contributed by atoms with van der Waals surface area (Å²) in [5, 5.41) is 0. The van der Waals surface area contributed by atoms with E-state index in [1.165, 1.54) is 12.1 Å². The fourth-order valence-electron chi connectivity index (χ4n) is 1.31. The molecular weight excluding hydrogens is 223 g/mol. The molecule has 0 aromatic heterocycles. The molecule has 1 aliphatic rings. The largest absolute Gasteiger partial charge is 0.492 e. The van der Waals surface area contributed by atoms with Crippen LogP contribution < -0.4 is 4.74 Å². The maximum atomic E-state index is 12.7. The Morgan fingerprint density at radius 1 is 1.50 bits per heavy atom. The first-order chi connectivity index (χ1) is 5.75. The van der Waals surface area contributed by atoms with Crippen LogP contribution in [0.1, 0.15) is 5.56 Å². The minimum absolute atomic E-state index is 0.234. The highest BCUT2D eigenvalue weighted by Gasteiger charge is 2.17. The van der Waals surface area contributed by atoms with E-state index in [-0.39, 0.29) is 5.82 Å². The van der Waals surface area contributed by atoms with Gasteiger partial charge in [0.25, 0.3) is 0 Å². The Kier molecular flexibility index (Phi) is 2.05. The number of ether oxygens (including phenoxy) is 1. The molecule has 0 aliphatic carbocycles. The third kappa shape index (κ3) is 1.46. The van der Waals surface area contributed by atoms with Gasteiger partial charge in [0.1, 0.15) is 18.2 Å². The molecule has 1 unspecified atom stereocenters. The lowest BCUT2D eigenvalue weighted by atomic mass is 10.1. The van der Waals surface area contributed by atoms with Gasteiger partial charge in [-0.2, -0.15) is 0 Å². The first kappa shape index (κ1) is 8.05. The number of rotatable bonds is 0. The molecule has 0 amide bonds. The Morgan fingerprint density at radius 3 is 3.17 bits per heavy atom. The Hall–Kier alpha value is -0.570. The van der Waals surface area contributed by atoms with Crippen LogP contribution in [0.25, 0.3) is 0 Å². The van der Waals surface area contributed by atoms with Crippen LogP contribution in [0.2, 0.25) is 0 Å². The summed E-state index contributed by atoms with van der Waals surface area (Å²) in [7, 11) is 0. The molecule has 1 heterocycles.